The summed E-state index contributed by atoms with van der Waals surface area (Å²) in [5.41, 5.74) is 2.06. The van der Waals surface area contributed by atoms with E-state index in [1.165, 1.54) is 12.1 Å². The molecule has 0 fully saturated rings. The van der Waals surface area contributed by atoms with Gasteiger partial charge in [-0.15, -0.1) is 0 Å². The normalized spacial score (nSPS) is 14.0. The van der Waals surface area contributed by atoms with Crippen LogP contribution in [0.4, 0.5) is 0 Å². The molecule has 1 heterocycles. The lowest BCUT2D eigenvalue weighted by Gasteiger charge is -2.18. The average Bonchev–Trinajstić information content (AvgIpc) is 2.60. The fourth-order valence-electron chi connectivity index (χ4n) is 2.54. The summed E-state index contributed by atoms with van der Waals surface area (Å²) in [5.74, 6) is 1.52. The van der Waals surface area contributed by atoms with Gasteiger partial charge in [-0.2, -0.15) is 0 Å². The first-order chi connectivity index (χ1) is 11.1. The van der Waals surface area contributed by atoms with Gasteiger partial charge >= 0.3 is 0 Å². The quantitative estimate of drug-likeness (QED) is 0.913. The Kier molecular flexibility index (Phi) is 4.54. The lowest BCUT2D eigenvalue weighted by Crippen LogP contribution is -2.23. The summed E-state index contributed by atoms with van der Waals surface area (Å²) in [6.45, 7) is 0.998. The molecule has 0 amide bonds. The van der Waals surface area contributed by atoms with Gasteiger partial charge in [0.1, 0.15) is 11.5 Å². The summed E-state index contributed by atoms with van der Waals surface area (Å²) in [4.78, 5) is 0.222. The van der Waals surface area contributed by atoms with Crippen LogP contribution in [0.3, 0.4) is 0 Å². The Morgan fingerprint density at radius 2 is 1.96 bits per heavy atom. The maximum Gasteiger partial charge on any atom is 0.240 e. The molecule has 0 bridgehead atoms. The third-order valence-electron chi connectivity index (χ3n) is 3.81. The molecule has 0 atom stereocenters. The monoisotopic (exact) mass is 333 g/mol. The summed E-state index contributed by atoms with van der Waals surface area (Å²) < 4.78 is 37.9. The Morgan fingerprint density at radius 3 is 2.70 bits per heavy atom. The Balaban J connectivity index is 1.71. The minimum absolute atomic E-state index is 0.222. The highest BCUT2D eigenvalue weighted by Crippen LogP contribution is 2.25. The third kappa shape index (κ3) is 3.65. The van der Waals surface area contributed by atoms with Crippen molar-refractivity contribution in [3.05, 3.63) is 53.6 Å². The smallest absolute Gasteiger partial charge is 0.240 e. The van der Waals surface area contributed by atoms with E-state index in [1.54, 1.807) is 19.2 Å². The van der Waals surface area contributed by atoms with Crippen molar-refractivity contribution in [2.45, 2.75) is 24.3 Å². The highest BCUT2D eigenvalue weighted by molar-refractivity contribution is 7.89. The molecule has 3 rings (SSSR count). The van der Waals surface area contributed by atoms with Crippen molar-refractivity contribution in [3.8, 4) is 11.5 Å². The molecule has 0 radical (unpaired) electrons. The number of benzene rings is 2. The zero-order chi connectivity index (χ0) is 16.3. The average molecular weight is 333 g/mol. The maximum atomic E-state index is 12.3. The van der Waals surface area contributed by atoms with Gasteiger partial charge in [0.2, 0.25) is 10.0 Å². The van der Waals surface area contributed by atoms with E-state index in [-0.39, 0.29) is 11.4 Å². The molecular weight excluding hydrogens is 314 g/mol. The first kappa shape index (κ1) is 15.8. The molecule has 6 heteroatoms. The van der Waals surface area contributed by atoms with Gasteiger partial charge in [0.05, 0.1) is 18.6 Å². The van der Waals surface area contributed by atoms with Crippen molar-refractivity contribution >= 4 is 10.0 Å². The van der Waals surface area contributed by atoms with Crippen LogP contribution in [0.15, 0.2) is 47.4 Å². The van der Waals surface area contributed by atoms with Crippen LogP contribution in [0.2, 0.25) is 0 Å². The largest absolute Gasteiger partial charge is 0.497 e. The molecule has 1 aliphatic rings. The van der Waals surface area contributed by atoms with Gasteiger partial charge in [-0.05, 0) is 54.3 Å². The molecule has 2 aromatic carbocycles. The number of rotatable bonds is 5. The van der Waals surface area contributed by atoms with Gasteiger partial charge in [0.15, 0.2) is 0 Å². The van der Waals surface area contributed by atoms with Crippen molar-refractivity contribution in [2.75, 3.05) is 13.7 Å². The van der Waals surface area contributed by atoms with Crippen molar-refractivity contribution in [1.29, 1.82) is 0 Å². The van der Waals surface area contributed by atoms with Gasteiger partial charge in [-0.1, -0.05) is 12.1 Å². The summed E-state index contributed by atoms with van der Waals surface area (Å²) in [6, 6.07) is 12.1. The van der Waals surface area contributed by atoms with E-state index in [2.05, 4.69) is 4.72 Å². The highest BCUT2D eigenvalue weighted by Gasteiger charge is 2.15. The van der Waals surface area contributed by atoms with Crippen LogP contribution in [0, 0.1) is 0 Å². The molecule has 0 aromatic heterocycles. The zero-order valence-corrected chi connectivity index (χ0v) is 13.7. The summed E-state index contributed by atoms with van der Waals surface area (Å²) in [5, 5.41) is 0. The van der Waals surface area contributed by atoms with Crippen molar-refractivity contribution in [1.82, 2.24) is 4.72 Å². The standard InChI is InChI=1S/C17H19NO4S/c1-21-15-5-7-16(8-6-15)23(19,20)18-12-13-4-9-17-14(11-13)3-2-10-22-17/h4-9,11,18H,2-3,10,12H2,1H3. The number of aryl methyl sites for hydroxylation is 1. The molecule has 122 valence electrons. The van der Waals surface area contributed by atoms with Crippen LogP contribution in [-0.4, -0.2) is 22.1 Å². The zero-order valence-electron chi connectivity index (χ0n) is 12.9. The fourth-order valence-corrected chi connectivity index (χ4v) is 3.56. The summed E-state index contributed by atoms with van der Waals surface area (Å²) >= 11 is 0. The molecule has 0 saturated carbocycles. The van der Waals surface area contributed by atoms with Gasteiger partial charge < -0.3 is 9.47 Å². The lowest BCUT2D eigenvalue weighted by atomic mass is 10.0. The van der Waals surface area contributed by atoms with E-state index >= 15 is 0 Å². The molecule has 5 nitrogen and oxygen atoms in total. The summed E-state index contributed by atoms with van der Waals surface area (Å²) in [6.07, 6.45) is 1.96. The second kappa shape index (κ2) is 6.60. The van der Waals surface area contributed by atoms with Crippen LogP contribution in [-0.2, 0) is 23.0 Å². The molecule has 0 saturated heterocycles. The Hall–Kier alpha value is -2.05. The van der Waals surface area contributed by atoms with Crippen molar-refractivity contribution < 1.29 is 17.9 Å². The lowest BCUT2D eigenvalue weighted by molar-refractivity contribution is 0.288. The van der Waals surface area contributed by atoms with Crippen LogP contribution >= 0.6 is 0 Å². The van der Waals surface area contributed by atoms with Crippen LogP contribution in [0.1, 0.15) is 17.5 Å². The number of ether oxygens (including phenoxy) is 2. The maximum absolute atomic E-state index is 12.3. The number of fused-ring (bicyclic) bond motifs is 1. The predicted octanol–water partition coefficient (Wildman–Crippen LogP) is 2.50. The van der Waals surface area contributed by atoms with E-state index in [9.17, 15) is 8.42 Å². The van der Waals surface area contributed by atoms with Crippen molar-refractivity contribution in [3.63, 3.8) is 0 Å². The molecule has 0 spiro atoms. The molecule has 1 N–H and O–H groups in total. The third-order valence-corrected chi connectivity index (χ3v) is 5.23. The minimum Gasteiger partial charge on any atom is -0.497 e. The molecule has 0 unspecified atom stereocenters. The topological polar surface area (TPSA) is 64.6 Å². The molecular formula is C17H19NO4S. The number of hydrogen-bond acceptors (Lipinski definition) is 4. The van der Waals surface area contributed by atoms with E-state index in [0.717, 1.165) is 36.3 Å². The van der Waals surface area contributed by atoms with E-state index in [0.29, 0.717) is 5.75 Å². The number of hydrogen-bond donors (Lipinski definition) is 1. The van der Waals surface area contributed by atoms with Crippen LogP contribution < -0.4 is 14.2 Å². The number of sulfonamides is 1. The molecule has 1 aliphatic heterocycles. The molecule has 2 aromatic rings. The highest BCUT2D eigenvalue weighted by atomic mass is 32.2. The molecule has 0 aliphatic carbocycles. The van der Waals surface area contributed by atoms with E-state index < -0.39 is 10.0 Å². The predicted molar refractivity (Wildman–Crippen MR) is 87.3 cm³/mol. The second-order valence-corrected chi connectivity index (χ2v) is 7.16. The summed E-state index contributed by atoms with van der Waals surface area (Å²) in [7, 11) is -2.00. The Bertz CT molecular complexity index is 785. The van der Waals surface area contributed by atoms with Gasteiger partial charge in [0, 0.05) is 6.54 Å². The SMILES string of the molecule is COc1ccc(S(=O)(=O)NCc2ccc3c(c2)CCCO3)cc1. The van der Waals surface area contributed by atoms with Crippen LogP contribution in [0.5, 0.6) is 11.5 Å². The van der Waals surface area contributed by atoms with E-state index in [1.807, 2.05) is 18.2 Å². The van der Waals surface area contributed by atoms with Gasteiger partial charge in [-0.25, -0.2) is 13.1 Å². The van der Waals surface area contributed by atoms with Gasteiger partial charge in [-0.3, -0.25) is 0 Å². The molecule has 23 heavy (non-hydrogen) atoms. The van der Waals surface area contributed by atoms with E-state index in [4.69, 9.17) is 9.47 Å². The first-order valence-corrected chi connectivity index (χ1v) is 8.95. The minimum atomic E-state index is -3.54. The Labute approximate surface area is 136 Å². The first-order valence-electron chi connectivity index (χ1n) is 7.47. The Morgan fingerprint density at radius 1 is 1.17 bits per heavy atom. The number of nitrogens with one attached hydrogen (secondary N) is 1. The van der Waals surface area contributed by atoms with Gasteiger partial charge in [0.25, 0.3) is 0 Å². The van der Waals surface area contributed by atoms with Crippen LogP contribution in [0.25, 0.3) is 0 Å². The second-order valence-electron chi connectivity index (χ2n) is 5.39. The van der Waals surface area contributed by atoms with Crippen molar-refractivity contribution in [2.24, 2.45) is 0 Å². The fraction of sp³-hybridized carbons (Fsp3) is 0.294. The number of methoxy groups -OCH3 is 1.